The maximum atomic E-state index is 11.6. The van der Waals surface area contributed by atoms with Gasteiger partial charge in [-0.1, -0.05) is 0 Å². The van der Waals surface area contributed by atoms with Gasteiger partial charge in [-0.05, 0) is 13.0 Å². The van der Waals surface area contributed by atoms with Crippen LogP contribution < -0.4 is 5.32 Å². The standard InChI is InChI=1S/C9H14N2O5S/c1-2-11(5-8(12)13)9(14)10-7-3-4-17(15,16)6-7/h3-4,7H,2,5-6H2,1H3,(H,10,14)(H,12,13). The predicted octanol–water partition coefficient (Wildman–Crippen LogP) is -0.587. The first kappa shape index (κ1) is 13.5. The Morgan fingerprint density at radius 1 is 1.53 bits per heavy atom. The summed E-state index contributed by atoms with van der Waals surface area (Å²) in [5.41, 5.74) is 0. The quantitative estimate of drug-likeness (QED) is 0.705. The summed E-state index contributed by atoms with van der Waals surface area (Å²) in [4.78, 5) is 23.2. The summed E-state index contributed by atoms with van der Waals surface area (Å²) in [5, 5.41) is 12.1. The average Bonchev–Trinajstić information content (AvgIpc) is 2.54. The van der Waals surface area contributed by atoms with Gasteiger partial charge in [-0.3, -0.25) is 4.79 Å². The van der Waals surface area contributed by atoms with Gasteiger partial charge in [-0.25, -0.2) is 13.2 Å². The molecular formula is C9H14N2O5S. The molecule has 1 aliphatic heterocycles. The molecule has 0 aromatic rings. The van der Waals surface area contributed by atoms with Crippen LogP contribution in [0.2, 0.25) is 0 Å². The molecule has 1 atom stereocenters. The monoisotopic (exact) mass is 262 g/mol. The van der Waals surface area contributed by atoms with Crippen LogP contribution in [-0.4, -0.2) is 55.3 Å². The van der Waals surface area contributed by atoms with E-state index < -0.39 is 34.4 Å². The Balaban J connectivity index is 2.54. The zero-order valence-electron chi connectivity index (χ0n) is 9.29. The zero-order chi connectivity index (χ0) is 13.1. The van der Waals surface area contributed by atoms with Gasteiger partial charge in [0.05, 0.1) is 11.8 Å². The van der Waals surface area contributed by atoms with E-state index >= 15 is 0 Å². The minimum Gasteiger partial charge on any atom is -0.480 e. The molecule has 1 aliphatic rings. The average molecular weight is 262 g/mol. The van der Waals surface area contributed by atoms with Gasteiger partial charge >= 0.3 is 12.0 Å². The number of carboxylic acids is 1. The fraction of sp³-hybridized carbons (Fsp3) is 0.556. The molecule has 0 saturated carbocycles. The first-order valence-electron chi connectivity index (χ1n) is 5.02. The van der Waals surface area contributed by atoms with E-state index in [4.69, 9.17) is 5.11 Å². The second kappa shape index (κ2) is 5.17. The highest BCUT2D eigenvalue weighted by Crippen LogP contribution is 2.08. The molecular weight excluding hydrogens is 248 g/mol. The molecule has 1 heterocycles. The Labute approximate surface area is 99.0 Å². The van der Waals surface area contributed by atoms with Crippen molar-refractivity contribution in [2.24, 2.45) is 0 Å². The second-order valence-electron chi connectivity index (χ2n) is 3.62. The van der Waals surface area contributed by atoms with Crippen LogP contribution in [0.3, 0.4) is 0 Å². The van der Waals surface area contributed by atoms with Gasteiger partial charge in [-0.15, -0.1) is 0 Å². The van der Waals surface area contributed by atoms with Crippen molar-refractivity contribution < 1.29 is 23.1 Å². The number of likely N-dealkylation sites (N-methyl/N-ethyl adjacent to an activating group) is 1. The number of rotatable bonds is 4. The highest BCUT2D eigenvalue weighted by molar-refractivity contribution is 7.94. The number of amides is 2. The Morgan fingerprint density at radius 3 is 2.59 bits per heavy atom. The molecule has 0 fully saturated rings. The highest BCUT2D eigenvalue weighted by Gasteiger charge is 2.25. The molecule has 0 aromatic heterocycles. The first-order chi connectivity index (χ1) is 7.84. The molecule has 0 aliphatic carbocycles. The van der Waals surface area contributed by atoms with Crippen molar-refractivity contribution in [3.05, 3.63) is 11.5 Å². The summed E-state index contributed by atoms with van der Waals surface area (Å²) in [6.07, 6.45) is 1.38. The topological polar surface area (TPSA) is 104 Å². The van der Waals surface area contributed by atoms with Crippen molar-refractivity contribution in [1.82, 2.24) is 10.2 Å². The maximum absolute atomic E-state index is 11.6. The van der Waals surface area contributed by atoms with Gasteiger partial charge in [0, 0.05) is 12.0 Å². The van der Waals surface area contributed by atoms with Gasteiger partial charge in [0.2, 0.25) is 0 Å². The number of nitrogens with one attached hydrogen (secondary N) is 1. The molecule has 0 bridgehead atoms. The summed E-state index contributed by atoms with van der Waals surface area (Å²) in [6, 6.07) is -1.17. The van der Waals surface area contributed by atoms with Gasteiger partial charge in [0.25, 0.3) is 0 Å². The third kappa shape index (κ3) is 4.06. The van der Waals surface area contributed by atoms with Crippen LogP contribution in [0.1, 0.15) is 6.92 Å². The van der Waals surface area contributed by atoms with Gasteiger partial charge in [-0.2, -0.15) is 0 Å². The molecule has 0 radical (unpaired) electrons. The summed E-state index contributed by atoms with van der Waals surface area (Å²) in [7, 11) is -3.23. The van der Waals surface area contributed by atoms with Crippen molar-refractivity contribution >= 4 is 21.8 Å². The number of aliphatic carboxylic acids is 1. The number of urea groups is 1. The smallest absolute Gasteiger partial charge is 0.323 e. The van der Waals surface area contributed by atoms with Crippen molar-refractivity contribution in [1.29, 1.82) is 0 Å². The Hall–Kier alpha value is -1.57. The van der Waals surface area contributed by atoms with Crippen LogP contribution in [0, 0.1) is 0 Å². The minimum atomic E-state index is -3.23. The molecule has 17 heavy (non-hydrogen) atoms. The van der Waals surface area contributed by atoms with E-state index in [1.54, 1.807) is 6.92 Å². The normalized spacial score (nSPS) is 21.1. The summed E-state index contributed by atoms with van der Waals surface area (Å²) in [5.74, 6) is -1.29. The molecule has 1 rings (SSSR count). The summed E-state index contributed by atoms with van der Waals surface area (Å²) >= 11 is 0. The zero-order valence-corrected chi connectivity index (χ0v) is 10.1. The minimum absolute atomic E-state index is 0.177. The van der Waals surface area contributed by atoms with Crippen molar-refractivity contribution in [3.8, 4) is 0 Å². The van der Waals surface area contributed by atoms with E-state index in [2.05, 4.69) is 5.32 Å². The maximum Gasteiger partial charge on any atom is 0.323 e. The molecule has 2 N–H and O–H groups in total. The van der Waals surface area contributed by atoms with Gasteiger partial charge in [0.15, 0.2) is 9.84 Å². The molecule has 0 spiro atoms. The predicted molar refractivity (Wildman–Crippen MR) is 60.1 cm³/mol. The number of sulfone groups is 1. The number of carbonyl (C=O) groups excluding carboxylic acids is 1. The summed E-state index contributed by atoms with van der Waals surface area (Å²) < 4.78 is 22.2. The van der Waals surface area contributed by atoms with Crippen LogP contribution in [0.15, 0.2) is 11.5 Å². The molecule has 1 unspecified atom stereocenters. The van der Waals surface area contributed by atoms with E-state index in [1.807, 2.05) is 0 Å². The lowest BCUT2D eigenvalue weighted by atomic mass is 10.3. The number of carbonyl (C=O) groups is 2. The number of nitrogens with zero attached hydrogens (tertiary/aromatic N) is 1. The molecule has 0 aromatic carbocycles. The van der Waals surface area contributed by atoms with Crippen LogP contribution in [0.25, 0.3) is 0 Å². The number of hydrogen-bond donors (Lipinski definition) is 2. The number of carboxylic acid groups (broad SMARTS) is 1. The SMILES string of the molecule is CCN(CC(=O)O)C(=O)NC1C=CS(=O)(=O)C1. The van der Waals surface area contributed by atoms with E-state index in [0.29, 0.717) is 0 Å². The van der Waals surface area contributed by atoms with Gasteiger partial charge < -0.3 is 15.3 Å². The molecule has 96 valence electrons. The van der Waals surface area contributed by atoms with E-state index in [1.165, 1.54) is 6.08 Å². The van der Waals surface area contributed by atoms with Crippen LogP contribution in [-0.2, 0) is 14.6 Å². The lowest BCUT2D eigenvalue weighted by molar-refractivity contribution is -0.137. The Morgan fingerprint density at radius 2 is 2.18 bits per heavy atom. The van der Waals surface area contributed by atoms with Crippen LogP contribution in [0.5, 0.6) is 0 Å². The number of hydrogen-bond acceptors (Lipinski definition) is 4. The largest absolute Gasteiger partial charge is 0.480 e. The second-order valence-corrected chi connectivity index (χ2v) is 5.55. The first-order valence-corrected chi connectivity index (χ1v) is 6.74. The van der Waals surface area contributed by atoms with E-state index in [0.717, 1.165) is 10.3 Å². The van der Waals surface area contributed by atoms with E-state index in [9.17, 15) is 18.0 Å². The van der Waals surface area contributed by atoms with Gasteiger partial charge in [0.1, 0.15) is 6.54 Å². The lowest BCUT2D eigenvalue weighted by Gasteiger charge is -2.21. The lowest BCUT2D eigenvalue weighted by Crippen LogP contribution is -2.46. The molecule has 0 saturated heterocycles. The fourth-order valence-corrected chi connectivity index (χ4v) is 2.64. The third-order valence-corrected chi connectivity index (χ3v) is 3.63. The summed E-state index contributed by atoms with van der Waals surface area (Å²) in [6.45, 7) is 1.47. The van der Waals surface area contributed by atoms with Crippen molar-refractivity contribution in [2.75, 3.05) is 18.8 Å². The molecule has 7 nitrogen and oxygen atoms in total. The fourth-order valence-electron chi connectivity index (χ4n) is 1.41. The Bertz CT molecular complexity index is 442. The Kier molecular flexibility index (Phi) is 4.11. The molecule has 8 heteroatoms. The van der Waals surface area contributed by atoms with E-state index in [-0.39, 0.29) is 12.3 Å². The third-order valence-electron chi connectivity index (χ3n) is 2.23. The highest BCUT2D eigenvalue weighted by atomic mass is 32.2. The van der Waals surface area contributed by atoms with Crippen molar-refractivity contribution in [2.45, 2.75) is 13.0 Å². The van der Waals surface area contributed by atoms with Crippen LogP contribution >= 0.6 is 0 Å². The molecule has 2 amide bonds. The van der Waals surface area contributed by atoms with Crippen LogP contribution in [0.4, 0.5) is 4.79 Å². The van der Waals surface area contributed by atoms with Crippen molar-refractivity contribution in [3.63, 3.8) is 0 Å².